The highest BCUT2D eigenvalue weighted by molar-refractivity contribution is 5.70. The largest absolute Gasteiger partial charge is 0.481 e. The maximum Gasteiger partial charge on any atom is 0.307 e. The summed E-state index contributed by atoms with van der Waals surface area (Å²) in [6.45, 7) is 3.66. The third kappa shape index (κ3) is 3.91. The van der Waals surface area contributed by atoms with Gasteiger partial charge in [0.05, 0.1) is 12.0 Å². The van der Waals surface area contributed by atoms with Gasteiger partial charge in [0.2, 0.25) is 0 Å². The Morgan fingerprint density at radius 2 is 1.85 bits per heavy atom. The molecule has 3 rings (SSSR count). The second-order valence-electron chi connectivity index (χ2n) is 7.42. The van der Waals surface area contributed by atoms with Gasteiger partial charge in [-0.25, -0.2) is 0 Å². The quantitative estimate of drug-likeness (QED) is 0.885. The maximum absolute atomic E-state index is 11.5. The molecule has 0 radical (unpaired) electrons. The van der Waals surface area contributed by atoms with Gasteiger partial charge in [-0.2, -0.15) is 0 Å². The number of piperidine rings is 1. The van der Waals surface area contributed by atoms with E-state index in [2.05, 4.69) is 65.3 Å². The SMILES string of the molecule is Cc1ccccc1C(c1ccc(N(C)C)cc1)N1CCCC(C(=O)O)C1. The van der Waals surface area contributed by atoms with Crippen LogP contribution in [0.4, 0.5) is 5.69 Å². The van der Waals surface area contributed by atoms with Crippen LogP contribution in [0.2, 0.25) is 0 Å². The molecule has 26 heavy (non-hydrogen) atoms. The number of nitrogens with zero attached hydrogens (tertiary/aromatic N) is 2. The van der Waals surface area contributed by atoms with Gasteiger partial charge >= 0.3 is 5.97 Å². The molecule has 0 spiro atoms. The van der Waals surface area contributed by atoms with Crippen LogP contribution in [0.3, 0.4) is 0 Å². The number of carboxylic acid groups (broad SMARTS) is 1. The van der Waals surface area contributed by atoms with Crippen molar-refractivity contribution in [3.63, 3.8) is 0 Å². The Kier molecular flexibility index (Phi) is 5.62. The Morgan fingerprint density at radius 1 is 1.15 bits per heavy atom. The number of likely N-dealkylation sites (tertiary alicyclic amines) is 1. The van der Waals surface area contributed by atoms with Crippen LogP contribution in [-0.2, 0) is 4.79 Å². The Morgan fingerprint density at radius 3 is 2.46 bits per heavy atom. The Balaban J connectivity index is 1.99. The van der Waals surface area contributed by atoms with E-state index in [0.717, 1.165) is 19.4 Å². The molecule has 2 atom stereocenters. The van der Waals surface area contributed by atoms with E-state index in [0.29, 0.717) is 6.54 Å². The van der Waals surface area contributed by atoms with Gasteiger partial charge in [0, 0.05) is 26.3 Å². The highest BCUT2D eigenvalue weighted by Gasteiger charge is 2.31. The van der Waals surface area contributed by atoms with Crippen molar-refractivity contribution in [2.24, 2.45) is 5.92 Å². The normalized spacial score (nSPS) is 19.1. The molecule has 0 aromatic heterocycles. The molecule has 0 amide bonds. The lowest BCUT2D eigenvalue weighted by Gasteiger charge is -2.38. The van der Waals surface area contributed by atoms with Gasteiger partial charge in [0.15, 0.2) is 0 Å². The van der Waals surface area contributed by atoms with E-state index in [9.17, 15) is 9.90 Å². The molecular formula is C22H28N2O2. The van der Waals surface area contributed by atoms with E-state index in [4.69, 9.17) is 0 Å². The summed E-state index contributed by atoms with van der Waals surface area (Å²) < 4.78 is 0. The average molecular weight is 352 g/mol. The summed E-state index contributed by atoms with van der Waals surface area (Å²) in [5, 5.41) is 9.50. The molecule has 138 valence electrons. The zero-order valence-electron chi connectivity index (χ0n) is 15.9. The Hall–Kier alpha value is -2.33. The van der Waals surface area contributed by atoms with E-state index < -0.39 is 5.97 Å². The number of aryl methyl sites for hydroxylation is 1. The zero-order valence-corrected chi connectivity index (χ0v) is 15.9. The number of hydrogen-bond acceptors (Lipinski definition) is 3. The van der Waals surface area contributed by atoms with Gasteiger partial charge < -0.3 is 10.0 Å². The van der Waals surface area contributed by atoms with Gasteiger partial charge in [-0.3, -0.25) is 9.69 Å². The van der Waals surface area contributed by atoms with E-state index >= 15 is 0 Å². The molecule has 1 fully saturated rings. The molecule has 1 saturated heterocycles. The summed E-state index contributed by atoms with van der Waals surface area (Å²) in [4.78, 5) is 16.0. The molecule has 1 aliphatic heterocycles. The number of benzene rings is 2. The van der Waals surface area contributed by atoms with Crippen LogP contribution in [0.5, 0.6) is 0 Å². The van der Waals surface area contributed by atoms with Crippen LogP contribution >= 0.6 is 0 Å². The lowest BCUT2D eigenvalue weighted by Crippen LogP contribution is -2.41. The number of rotatable bonds is 5. The minimum Gasteiger partial charge on any atom is -0.481 e. The van der Waals surface area contributed by atoms with Gasteiger partial charge in [0.25, 0.3) is 0 Å². The highest BCUT2D eigenvalue weighted by atomic mass is 16.4. The third-order valence-corrected chi connectivity index (χ3v) is 5.38. The number of aliphatic carboxylic acids is 1. The number of anilines is 1. The van der Waals surface area contributed by atoms with Crippen LogP contribution in [0.1, 0.15) is 35.6 Å². The molecule has 0 bridgehead atoms. The van der Waals surface area contributed by atoms with Crippen LogP contribution in [0, 0.1) is 12.8 Å². The smallest absolute Gasteiger partial charge is 0.307 e. The van der Waals surface area contributed by atoms with E-state index in [1.165, 1.54) is 22.4 Å². The topological polar surface area (TPSA) is 43.8 Å². The minimum atomic E-state index is -0.679. The van der Waals surface area contributed by atoms with E-state index in [1.807, 2.05) is 14.1 Å². The molecule has 2 aromatic rings. The fraction of sp³-hybridized carbons (Fsp3) is 0.409. The first kappa shape index (κ1) is 18.5. The van der Waals surface area contributed by atoms with Crippen molar-refractivity contribution in [2.75, 3.05) is 32.1 Å². The van der Waals surface area contributed by atoms with Gasteiger partial charge in [-0.05, 0) is 55.1 Å². The lowest BCUT2D eigenvalue weighted by molar-refractivity contribution is -0.143. The first-order chi connectivity index (χ1) is 12.5. The van der Waals surface area contributed by atoms with Crippen molar-refractivity contribution < 1.29 is 9.90 Å². The standard InChI is InChI=1S/C22H28N2O2/c1-16-7-4-5-9-20(16)21(17-10-12-19(13-11-17)23(2)3)24-14-6-8-18(15-24)22(25)26/h4-5,7,9-13,18,21H,6,8,14-15H2,1-3H3,(H,25,26). The molecule has 2 unspecified atom stereocenters. The van der Waals surface area contributed by atoms with Crippen LogP contribution in [0.15, 0.2) is 48.5 Å². The van der Waals surface area contributed by atoms with E-state index in [1.54, 1.807) is 0 Å². The van der Waals surface area contributed by atoms with Gasteiger partial charge in [-0.1, -0.05) is 36.4 Å². The molecule has 2 aromatic carbocycles. The molecule has 4 nitrogen and oxygen atoms in total. The molecule has 1 aliphatic rings. The van der Waals surface area contributed by atoms with Crippen molar-refractivity contribution >= 4 is 11.7 Å². The fourth-order valence-electron chi connectivity index (χ4n) is 3.88. The number of hydrogen-bond donors (Lipinski definition) is 1. The summed E-state index contributed by atoms with van der Waals surface area (Å²) in [6, 6.07) is 17.2. The van der Waals surface area contributed by atoms with Crippen molar-refractivity contribution in [3.05, 3.63) is 65.2 Å². The first-order valence-corrected chi connectivity index (χ1v) is 9.27. The summed E-state index contributed by atoms with van der Waals surface area (Å²) in [7, 11) is 4.08. The van der Waals surface area contributed by atoms with Crippen molar-refractivity contribution in [1.29, 1.82) is 0 Å². The van der Waals surface area contributed by atoms with Gasteiger partial charge in [0.1, 0.15) is 0 Å². The molecule has 1 N–H and O–H groups in total. The predicted molar refractivity (Wildman–Crippen MR) is 106 cm³/mol. The Bertz CT molecular complexity index is 755. The first-order valence-electron chi connectivity index (χ1n) is 9.27. The van der Waals surface area contributed by atoms with Crippen LogP contribution in [-0.4, -0.2) is 43.2 Å². The Labute approximate surface area is 156 Å². The van der Waals surface area contributed by atoms with E-state index in [-0.39, 0.29) is 12.0 Å². The second kappa shape index (κ2) is 7.92. The lowest BCUT2D eigenvalue weighted by atomic mass is 9.89. The number of carbonyl (C=O) groups is 1. The van der Waals surface area contributed by atoms with Crippen molar-refractivity contribution in [1.82, 2.24) is 4.90 Å². The summed E-state index contributed by atoms with van der Waals surface area (Å²) >= 11 is 0. The predicted octanol–water partition coefficient (Wildman–Crippen LogP) is 3.95. The molecule has 0 aliphatic carbocycles. The summed E-state index contributed by atoms with van der Waals surface area (Å²) in [5.74, 6) is -0.961. The maximum atomic E-state index is 11.5. The minimum absolute atomic E-state index is 0.0922. The van der Waals surface area contributed by atoms with Gasteiger partial charge in [-0.15, -0.1) is 0 Å². The van der Waals surface area contributed by atoms with Crippen LogP contribution < -0.4 is 4.90 Å². The highest BCUT2D eigenvalue weighted by Crippen LogP contribution is 2.34. The summed E-state index contributed by atoms with van der Waals surface area (Å²) in [5.41, 5.74) is 4.89. The second-order valence-corrected chi connectivity index (χ2v) is 7.42. The molecular weight excluding hydrogens is 324 g/mol. The molecule has 4 heteroatoms. The van der Waals surface area contributed by atoms with Crippen molar-refractivity contribution in [2.45, 2.75) is 25.8 Å². The fourth-order valence-corrected chi connectivity index (χ4v) is 3.88. The van der Waals surface area contributed by atoms with Crippen LogP contribution in [0.25, 0.3) is 0 Å². The monoisotopic (exact) mass is 352 g/mol. The molecule has 1 heterocycles. The summed E-state index contributed by atoms with van der Waals surface area (Å²) in [6.07, 6.45) is 1.70. The zero-order chi connectivity index (χ0) is 18.7. The number of carboxylic acids is 1. The van der Waals surface area contributed by atoms with Crippen molar-refractivity contribution in [3.8, 4) is 0 Å². The third-order valence-electron chi connectivity index (χ3n) is 5.38. The molecule has 0 saturated carbocycles. The average Bonchev–Trinajstić information content (AvgIpc) is 2.64.